The summed E-state index contributed by atoms with van der Waals surface area (Å²) in [6.45, 7) is 1.90. The zero-order valence-electron chi connectivity index (χ0n) is 8.95. The number of aromatic carboxylic acids is 1. The fourth-order valence-electron chi connectivity index (χ4n) is 1.36. The van der Waals surface area contributed by atoms with Crippen LogP contribution >= 0.6 is 0 Å². The van der Waals surface area contributed by atoms with E-state index in [2.05, 4.69) is 10.1 Å². The Bertz CT molecular complexity index is 590. The van der Waals surface area contributed by atoms with Crippen molar-refractivity contribution >= 4 is 17.6 Å². The second-order valence-electron chi connectivity index (χ2n) is 3.16. The Kier molecular flexibility index (Phi) is 2.73. The first-order valence-electron chi connectivity index (χ1n) is 4.88. The minimum atomic E-state index is -1.14. The fourth-order valence-corrected chi connectivity index (χ4v) is 1.36. The quantitative estimate of drug-likeness (QED) is 0.783. The molecule has 7 nitrogen and oxygen atoms in total. The van der Waals surface area contributed by atoms with Crippen LogP contribution in [0.2, 0.25) is 0 Å². The van der Waals surface area contributed by atoms with Gasteiger partial charge in [-0.3, -0.25) is 0 Å². The van der Waals surface area contributed by atoms with Gasteiger partial charge in [0.2, 0.25) is 0 Å². The second-order valence-corrected chi connectivity index (χ2v) is 3.16. The number of aromatic nitrogens is 3. The van der Waals surface area contributed by atoms with E-state index in [0.29, 0.717) is 0 Å². The van der Waals surface area contributed by atoms with Gasteiger partial charge in [-0.25, -0.2) is 19.1 Å². The Morgan fingerprint density at radius 1 is 1.53 bits per heavy atom. The molecule has 2 aromatic rings. The zero-order valence-corrected chi connectivity index (χ0v) is 8.95. The summed E-state index contributed by atoms with van der Waals surface area (Å²) in [4.78, 5) is 26.3. The Balaban J connectivity index is 2.54. The van der Waals surface area contributed by atoms with Gasteiger partial charge >= 0.3 is 11.9 Å². The standard InChI is InChI=1S/C10H9N3O4/c1-2-17-10(16)6-5-8-11-4-3-7(9(14)15)13(8)12-6/h3-5H,2H2,1H3,(H,14,15). The fraction of sp³-hybridized carbons (Fsp3) is 0.200. The first kappa shape index (κ1) is 11.1. The predicted molar refractivity (Wildman–Crippen MR) is 55.9 cm³/mol. The molecule has 0 aromatic carbocycles. The van der Waals surface area contributed by atoms with Gasteiger partial charge in [0, 0.05) is 12.3 Å². The number of nitrogens with zero attached hydrogens (tertiary/aromatic N) is 3. The topological polar surface area (TPSA) is 93.8 Å². The molecule has 0 fully saturated rings. The van der Waals surface area contributed by atoms with E-state index in [1.807, 2.05) is 0 Å². The molecule has 0 unspecified atom stereocenters. The van der Waals surface area contributed by atoms with Gasteiger partial charge < -0.3 is 9.84 Å². The van der Waals surface area contributed by atoms with Crippen molar-refractivity contribution in [3.63, 3.8) is 0 Å². The van der Waals surface area contributed by atoms with Crippen molar-refractivity contribution in [2.75, 3.05) is 6.61 Å². The summed E-state index contributed by atoms with van der Waals surface area (Å²) in [7, 11) is 0. The van der Waals surface area contributed by atoms with E-state index in [0.717, 1.165) is 4.52 Å². The average Bonchev–Trinajstić information content (AvgIpc) is 2.72. The van der Waals surface area contributed by atoms with Crippen LogP contribution in [0, 0.1) is 0 Å². The lowest BCUT2D eigenvalue weighted by Crippen LogP contribution is -2.09. The molecule has 0 spiro atoms. The molecule has 0 saturated heterocycles. The van der Waals surface area contributed by atoms with Gasteiger partial charge in [-0.2, -0.15) is 5.10 Å². The molecule has 88 valence electrons. The highest BCUT2D eigenvalue weighted by atomic mass is 16.5. The summed E-state index contributed by atoms with van der Waals surface area (Å²) in [5.74, 6) is -1.75. The average molecular weight is 235 g/mol. The molecule has 17 heavy (non-hydrogen) atoms. The van der Waals surface area contributed by atoms with Crippen LogP contribution in [-0.2, 0) is 4.74 Å². The molecule has 0 amide bonds. The van der Waals surface area contributed by atoms with E-state index < -0.39 is 11.9 Å². The Morgan fingerprint density at radius 2 is 2.29 bits per heavy atom. The third-order valence-corrected chi connectivity index (χ3v) is 2.06. The number of carbonyl (C=O) groups excluding carboxylic acids is 1. The smallest absolute Gasteiger partial charge is 0.358 e. The van der Waals surface area contributed by atoms with Crippen LogP contribution in [0.1, 0.15) is 27.9 Å². The van der Waals surface area contributed by atoms with Crippen LogP contribution < -0.4 is 0 Å². The van der Waals surface area contributed by atoms with E-state index in [1.54, 1.807) is 6.92 Å². The number of carboxylic acid groups (broad SMARTS) is 1. The van der Waals surface area contributed by atoms with Gasteiger partial charge in [-0.05, 0) is 13.0 Å². The normalized spacial score (nSPS) is 10.4. The zero-order chi connectivity index (χ0) is 12.4. The Morgan fingerprint density at radius 3 is 2.94 bits per heavy atom. The van der Waals surface area contributed by atoms with Gasteiger partial charge in [0.1, 0.15) is 0 Å². The molecular formula is C10H9N3O4. The molecule has 0 radical (unpaired) electrons. The van der Waals surface area contributed by atoms with Crippen molar-refractivity contribution < 1.29 is 19.4 Å². The summed E-state index contributed by atoms with van der Waals surface area (Å²) in [6.07, 6.45) is 1.34. The van der Waals surface area contributed by atoms with E-state index in [4.69, 9.17) is 9.84 Å². The Hall–Kier alpha value is -2.44. The Labute approximate surface area is 95.6 Å². The molecule has 1 N–H and O–H groups in total. The highest BCUT2D eigenvalue weighted by Gasteiger charge is 2.16. The maximum Gasteiger partial charge on any atom is 0.358 e. The van der Waals surface area contributed by atoms with E-state index in [1.165, 1.54) is 18.3 Å². The maximum absolute atomic E-state index is 11.4. The summed E-state index contributed by atoms with van der Waals surface area (Å²) in [5, 5.41) is 12.8. The van der Waals surface area contributed by atoms with Crippen LogP contribution in [0.15, 0.2) is 18.3 Å². The minimum Gasteiger partial charge on any atom is -0.477 e. The van der Waals surface area contributed by atoms with Crippen molar-refractivity contribution in [3.8, 4) is 0 Å². The first-order chi connectivity index (χ1) is 8.13. The molecular weight excluding hydrogens is 226 g/mol. The van der Waals surface area contributed by atoms with E-state index >= 15 is 0 Å². The molecule has 0 aliphatic rings. The first-order valence-corrected chi connectivity index (χ1v) is 4.88. The van der Waals surface area contributed by atoms with Crippen LogP contribution in [-0.4, -0.2) is 38.3 Å². The van der Waals surface area contributed by atoms with Gasteiger partial charge in [0.05, 0.1) is 6.61 Å². The maximum atomic E-state index is 11.4. The summed E-state index contributed by atoms with van der Waals surface area (Å²) in [6, 6.07) is 2.68. The number of hydrogen-bond donors (Lipinski definition) is 1. The third-order valence-electron chi connectivity index (χ3n) is 2.06. The molecule has 2 aromatic heterocycles. The van der Waals surface area contributed by atoms with Crippen molar-refractivity contribution in [1.82, 2.24) is 14.6 Å². The van der Waals surface area contributed by atoms with E-state index in [-0.39, 0.29) is 23.6 Å². The van der Waals surface area contributed by atoms with Crippen LogP contribution in [0.3, 0.4) is 0 Å². The number of carbonyl (C=O) groups is 2. The lowest BCUT2D eigenvalue weighted by Gasteiger charge is -1.97. The monoisotopic (exact) mass is 235 g/mol. The van der Waals surface area contributed by atoms with Crippen molar-refractivity contribution in [2.45, 2.75) is 6.92 Å². The van der Waals surface area contributed by atoms with Crippen LogP contribution in [0.4, 0.5) is 0 Å². The van der Waals surface area contributed by atoms with Crippen LogP contribution in [0.25, 0.3) is 5.65 Å². The molecule has 0 aliphatic carbocycles. The van der Waals surface area contributed by atoms with Crippen molar-refractivity contribution in [3.05, 3.63) is 29.7 Å². The number of hydrogen-bond acceptors (Lipinski definition) is 5. The van der Waals surface area contributed by atoms with Crippen molar-refractivity contribution in [2.24, 2.45) is 0 Å². The molecule has 7 heteroatoms. The van der Waals surface area contributed by atoms with E-state index in [9.17, 15) is 9.59 Å². The SMILES string of the molecule is CCOC(=O)c1cc2nccc(C(=O)O)n2n1. The van der Waals surface area contributed by atoms with Gasteiger partial charge in [-0.15, -0.1) is 0 Å². The van der Waals surface area contributed by atoms with Crippen molar-refractivity contribution in [1.29, 1.82) is 0 Å². The molecule has 2 rings (SSSR count). The third kappa shape index (κ3) is 1.94. The lowest BCUT2D eigenvalue weighted by molar-refractivity contribution is 0.0517. The molecule has 0 saturated carbocycles. The predicted octanol–water partition coefficient (Wildman–Crippen LogP) is 0.604. The number of carboxylic acids is 1. The largest absolute Gasteiger partial charge is 0.477 e. The van der Waals surface area contributed by atoms with Gasteiger partial charge in [-0.1, -0.05) is 0 Å². The number of fused-ring (bicyclic) bond motifs is 1. The number of ether oxygens (including phenoxy) is 1. The summed E-state index contributed by atoms with van der Waals surface area (Å²) in [5.41, 5.74) is 0.256. The number of esters is 1. The minimum absolute atomic E-state index is 0.0352. The van der Waals surface area contributed by atoms with Gasteiger partial charge in [0.25, 0.3) is 0 Å². The lowest BCUT2D eigenvalue weighted by atomic mass is 10.4. The molecule has 0 bridgehead atoms. The number of rotatable bonds is 3. The molecule has 0 aliphatic heterocycles. The summed E-state index contributed by atoms with van der Waals surface area (Å²) < 4.78 is 5.86. The highest BCUT2D eigenvalue weighted by Crippen LogP contribution is 2.08. The van der Waals surface area contributed by atoms with Crippen LogP contribution in [0.5, 0.6) is 0 Å². The highest BCUT2D eigenvalue weighted by molar-refractivity contribution is 5.90. The second kappa shape index (κ2) is 4.20. The summed E-state index contributed by atoms with van der Waals surface area (Å²) >= 11 is 0. The molecule has 0 atom stereocenters. The molecule has 2 heterocycles. The van der Waals surface area contributed by atoms with Gasteiger partial charge in [0.15, 0.2) is 17.0 Å².